The molecule has 2 aromatic rings. The van der Waals surface area contributed by atoms with E-state index >= 15 is 0 Å². The Morgan fingerprint density at radius 3 is 2.19 bits per heavy atom. The number of hydrogen-bond donors (Lipinski definition) is 2. The summed E-state index contributed by atoms with van der Waals surface area (Å²) in [5, 5.41) is 9.61. The Morgan fingerprint density at radius 2 is 1.67 bits per heavy atom. The van der Waals surface area contributed by atoms with Crippen LogP contribution in [-0.4, -0.2) is 32.6 Å². The monoisotopic (exact) mass is 454 g/mol. The van der Waals surface area contributed by atoms with E-state index < -0.39 is 16.0 Å². The molecule has 2 aromatic carbocycles. The summed E-state index contributed by atoms with van der Waals surface area (Å²) in [4.78, 5) is 13.9. The molecule has 0 aromatic heterocycles. The van der Waals surface area contributed by atoms with Crippen LogP contribution in [0.5, 0.6) is 0 Å². The molecule has 0 aliphatic heterocycles. The molecule has 6 nitrogen and oxygen atoms in total. The molecule has 8 heteroatoms. The maximum atomic E-state index is 12.5. The lowest BCUT2D eigenvalue weighted by Gasteiger charge is -2.25. The zero-order valence-corrected chi connectivity index (χ0v) is 17.7. The summed E-state index contributed by atoms with van der Waals surface area (Å²) in [5.41, 5.74) is 0.887. The number of hydrogen-bond acceptors (Lipinski definition) is 4. The molecule has 0 heterocycles. The van der Waals surface area contributed by atoms with Gasteiger partial charge in [0, 0.05) is 23.2 Å². The van der Waals surface area contributed by atoms with Gasteiger partial charge in [0.1, 0.15) is 0 Å². The Kier molecular flexibility index (Phi) is 7.26. The molecule has 2 rings (SSSR count). The topological polar surface area (TPSA) is 86.7 Å². The molecule has 0 saturated carbocycles. The number of halogens is 1. The van der Waals surface area contributed by atoms with E-state index in [1.807, 2.05) is 18.7 Å². The minimum atomic E-state index is -3.80. The summed E-state index contributed by atoms with van der Waals surface area (Å²) < 4.78 is 28.3. The summed E-state index contributed by atoms with van der Waals surface area (Å²) >= 11 is 3.27. The van der Waals surface area contributed by atoms with E-state index in [1.165, 1.54) is 18.2 Å². The van der Waals surface area contributed by atoms with Gasteiger partial charge in [0.15, 0.2) is 0 Å². The average molecular weight is 455 g/mol. The lowest BCUT2D eigenvalue weighted by atomic mass is 10.1. The number of carboxylic acids is 1. The van der Waals surface area contributed by atoms with Crippen molar-refractivity contribution in [1.29, 1.82) is 0 Å². The number of rotatable bonds is 9. The molecule has 0 unspecified atom stereocenters. The standard InChI is InChI=1S/C19H23BrN2O4S/c1-3-11-22(12-4-2)18-10-7-15(13-17(18)19(23)24)21-27(25,26)16-8-5-14(20)6-9-16/h5-10,13,21H,3-4,11-12H2,1-2H3,(H,23,24). The van der Waals surface area contributed by atoms with Crippen molar-refractivity contribution in [1.82, 2.24) is 0 Å². The number of nitrogens with zero attached hydrogens (tertiary/aromatic N) is 1. The average Bonchev–Trinajstić information content (AvgIpc) is 2.61. The summed E-state index contributed by atoms with van der Waals surface area (Å²) in [5.74, 6) is -1.09. The van der Waals surface area contributed by atoms with E-state index in [-0.39, 0.29) is 16.1 Å². The van der Waals surface area contributed by atoms with Gasteiger partial charge in [0.05, 0.1) is 16.1 Å². The van der Waals surface area contributed by atoms with Crippen LogP contribution >= 0.6 is 15.9 Å². The first-order chi connectivity index (χ1) is 12.8. The van der Waals surface area contributed by atoms with Crippen molar-refractivity contribution in [2.45, 2.75) is 31.6 Å². The van der Waals surface area contributed by atoms with Crippen LogP contribution in [0.1, 0.15) is 37.0 Å². The molecule has 0 bridgehead atoms. The normalized spacial score (nSPS) is 11.2. The molecule has 0 aliphatic rings. The quantitative estimate of drug-likeness (QED) is 0.578. The zero-order valence-electron chi connectivity index (χ0n) is 15.3. The minimum absolute atomic E-state index is 0.0768. The maximum Gasteiger partial charge on any atom is 0.337 e. The fraction of sp³-hybridized carbons (Fsp3) is 0.316. The third kappa shape index (κ3) is 5.46. The van der Waals surface area contributed by atoms with E-state index in [0.29, 0.717) is 5.69 Å². The van der Waals surface area contributed by atoms with Gasteiger partial charge >= 0.3 is 5.97 Å². The highest BCUT2D eigenvalue weighted by atomic mass is 79.9. The van der Waals surface area contributed by atoms with Gasteiger partial charge in [-0.1, -0.05) is 29.8 Å². The van der Waals surface area contributed by atoms with Gasteiger partial charge in [-0.2, -0.15) is 0 Å². The third-order valence-corrected chi connectivity index (χ3v) is 5.86. The van der Waals surface area contributed by atoms with Crippen molar-refractivity contribution in [3.05, 3.63) is 52.5 Å². The van der Waals surface area contributed by atoms with Gasteiger partial charge in [-0.3, -0.25) is 4.72 Å². The van der Waals surface area contributed by atoms with Crippen LogP contribution in [0.3, 0.4) is 0 Å². The number of aromatic carboxylic acids is 1. The van der Waals surface area contributed by atoms with Crippen LogP contribution in [0.2, 0.25) is 0 Å². The van der Waals surface area contributed by atoms with Gasteiger partial charge in [0.2, 0.25) is 0 Å². The predicted molar refractivity (Wildman–Crippen MR) is 111 cm³/mol. The summed E-state index contributed by atoms with van der Waals surface area (Å²) in [6, 6.07) is 10.8. The second kappa shape index (κ2) is 9.23. The highest BCUT2D eigenvalue weighted by molar-refractivity contribution is 9.10. The van der Waals surface area contributed by atoms with Gasteiger partial charge < -0.3 is 10.0 Å². The number of nitrogens with one attached hydrogen (secondary N) is 1. The Morgan fingerprint density at radius 1 is 1.07 bits per heavy atom. The fourth-order valence-corrected chi connectivity index (χ4v) is 4.08. The van der Waals surface area contributed by atoms with Crippen LogP contribution < -0.4 is 9.62 Å². The van der Waals surface area contributed by atoms with Gasteiger partial charge in [0.25, 0.3) is 10.0 Å². The van der Waals surface area contributed by atoms with Crippen LogP contribution in [-0.2, 0) is 10.0 Å². The van der Waals surface area contributed by atoms with Crippen molar-refractivity contribution in [3.63, 3.8) is 0 Å². The Hall–Kier alpha value is -2.06. The van der Waals surface area contributed by atoms with Crippen molar-refractivity contribution >= 4 is 43.3 Å². The van der Waals surface area contributed by atoms with E-state index in [2.05, 4.69) is 20.7 Å². The Balaban J connectivity index is 2.37. The van der Waals surface area contributed by atoms with Crippen molar-refractivity contribution in [3.8, 4) is 0 Å². The minimum Gasteiger partial charge on any atom is -0.478 e. The molecule has 0 amide bonds. The molecule has 27 heavy (non-hydrogen) atoms. The van der Waals surface area contributed by atoms with Crippen LogP contribution in [0, 0.1) is 0 Å². The van der Waals surface area contributed by atoms with E-state index in [4.69, 9.17) is 0 Å². The molecule has 0 atom stereocenters. The van der Waals surface area contributed by atoms with E-state index in [1.54, 1.807) is 24.3 Å². The van der Waals surface area contributed by atoms with E-state index in [9.17, 15) is 18.3 Å². The first kappa shape index (κ1) is 21.2. The molecule has 0 fully saturated rings. The lowest BCUT2D eigenvalue weighted by molar-refractivity contribution is 0.0697. The lowest BCUT2D eigenvalue weighted by Crippen LogP contribution is -2.27. The Bertz CT molecular complexity index is 892. The van der Waals surface area contributed by atoms with Gasteiger partial charge in [-0.25, -0.2) is 13.2 Å². The first-order valence-electron chi connectivity index (χ1n) is 8.69. The van der Waals surface area contributed by atoms with Crippen LogP contribution in [0.15, 0.2) is 51.8 Å². The molecule has 0 saturated heterocycles. The van der Waals surface area contributed by atoms with Gasteiger partial charge in [-0.15, -0.1) is 0 Å². The molecule has 0 radical (unpaired) electrons. The molecular formula is C19H23BrN2O4S. The second-order valence-corrected chi connectivity index (χ2v) is 8.68. The second-order valence-electron chi connectivity index (χ2n) is 6.08. The summed E-state index contributed by atoms with van der Waals surface area (Å²) in [6.07, 6.45) is 1.77. The highest BCUT2D eigenvalue weighted by Gasteiger charge is 2.19. The molecule has 0 spiro atoms. The van der Waals surface area contributed by atoms with Gasteiger partial charge in [-0.05, 0) is 55.3 Å². The van der Waals surface area contributed by atoms with Crippen LogP contribution in [0.25, 0.3) is 0 Å². The van der Waals surface area contributed by atoms with Crippen molar-refractivity contribution in [2.24, 2.45) is 0 Å². The predicted octanol–water partition coefficient (Wildman–Crippen LogP) is 4.57. The fourth-order valence-electron chi connectivity index (χ4n) is 2.77. The Labute approximate surface area is 168 Å². The van der Waals surface area contributed by atoms with Crippen molar-refractivity contribution in [2.75, 3.05) is 22.7 Å². The SMILES string of the molecule is CCCN(CCC)c1ccc(NS(=O)(=O)c2ccc(Br)cc2)cc1C(=O)O. The van der Waals surface area contributed by atoms with Crippen molar-refractivity contribution < 1.29 is 18.3 Å². The third-order valence-electron chi connectivity index (χ3n) is 3.93. The largest absolute Gasteiger partial charge is 0.478 e. The first-order valence-corrected chi connectivity index (χ1v) is 11.0. The number of carbonyl (C=O) groups is 1. The number of anilines is 2. The zero-order chi connectivity index (χ0) is 20.0. The van der Waals surface area contributed by atoms with Crippen LogP contribution in [0.4, 0.5) is 11.4 Å². The maximum absolute atomic E-state index is 12.5. The number of carboxylic acid groups (broad SMARTS) is 1. The highest BCUT2D eigenvalue weighted by Crippen LogP contribution is 2.27. The summed E-state index contributed by atoms with van der Waals surface area (Å²) in [6.45, 7) is 5.53. The van der Waals surface area contributed by atoms with E-state index in [0.717, 1.165) is 30.4 Å². The molecule has 2 N–H and O–H groups in total. The molecule has 146 valence electrons. The smallest absolute Gasteiger partial charge is 0.337 e. The molecular weight excluding hydrogens is 432 g/mol. The summed E-state index contributed by atoms with van der Waals surface area (Å²) in [7, 11) is -3.80. The number of benzene rings is 2. The molecule has 0 aliphatic carbocycles. The number of sulfonamides is 1.